The highest BCUT2D eigenvalue weighted by Gasteiger charge is 2.33. The van der Waals surface area contributed by atoms with Crippen molar-refractivity contribution in [3.63, 3.8) is 0 Å². The lowest BCUT2D eigenvalue weighted by atomic mass is 10.1. The van der Waals surface area contributed by atoms with Gasteiger partial charge < -0.3 is 61.4 Å². The summed E-state index contributed by atoms with van der Waals surface area (Å²) in [4.78, 5) is 49.6. The van der Waals surface area contributed by atoms with Gasteiger partial charge in [-0.1, -0.05) is 32.7 Å². The molecular formula is C53H63ClN14O4. The van der Waals surface area contributed by atoms with Crippen LogP contribution < -0.4 is 51.6 Å². The summed E-state index contributed by atoms with van der Waals surface area (Å²) in [6.45, 7) is 18.5. The van der Waals surface area contributed by atoms with Gasteiger partial charge in [0.1, 0.15) is 36.3 Å². The van der Waals surface area contributed by atoms with Crippen LogP contribution in [0.5, 0.6) is 11.5 Å². The normalized spacial score (nSPS) is 16.5. The van der Waals surface area contributed by atoms with E-state index in [4.69, 9.17) is 26.8 Å². The van der Waals surface area contributed by atoms with Crippen molar-refractivity contribution in [1.82, 2.24) is 29.7 Å². The molecule has 6 heterocycles. The van der Waals surface area contributed by atoms with E-state index in [1.807, 2.05) is 74.5 Å². The molecule has 6 aromatic rings. The summed E-state index contributed by atoms with van der Waals surface area (Å²) in [7, 11) is 4.32. The number of hydrogen-bond donors (Lipinski definition) is 6. The zero-order valence-electron chi connectivity index (χ0n) is 40.3. The molecule has 376 valence electrons. The summed E-state index contributed by atoms with van der Waals surface area (Å²) in [5, 5.41) is 15.4. The van der Waals surface area contributed by atoms with Crippen molar-refractivity contribution >= 4 is 86.5 Å². The van der Waals surface area contributed by atoms with Gasteiger partial charge in [-0.3, -0.25) is 9.59 Å². The number of carbonyl (C=O) groups excluding carboxylic acids is 2. The summed E-state index contributed by atoms with van der Waals surface area (Å²) in [6.07, 6.45) is 5.86. The Hall–Kier alpha value is -7.93. The van der Waals surface area contributed by atoms with E-state index >= 15 is 0 Å². The first-order valence-corrected chi connectivity index (χ1v) is 23.6. The van der Waals surface area contributed by atoms with Gasteiger partial charge in [0.05, 0.1) is 23.5 Å². The maximum Gasteiger partial charge on any atom is 0.247 e. The zero-order valence-corrected chi connectivity index (χ0v) is 41.0. The first-order chi connectivity index (χ1) is 34.3. The van der Waals surface area contributed by atoms with Gasteiger partial charge >= 0.3 is 0 Å². The Kier molecular flexibility index (Phi) is 17.1. The fourth-order valence-electron chi connectivity index (χ4n) is 8.46. The van der Waals surface area contributed by atoms with E-state index in [1.54, 1.807) is 24.5 Å². The Morgan fingerprint density at radius 2 is 1.14 bits per heavy atom. The predicted octanol–water partition coefficient (Wildman–Crippen LogP) is 8.63. The first-order valence-electron chi connectivity index (χ1n) is 23.2. The average molecular weight is 996 g/mol. The fraction of sp³-hybridized carbons (Fsp3) is 0.283. The lowest BCUT2D eigenvalue weighted by molar-refractivity contribution is -0.112. The molecule has 18 nitrogen and oxygen atoms in total. The fourth-order valence-corrected chi connectivity index (χ4v) is 8.59. The second-order valence-electron chi connectivity index (χ2n) is 17.6. The number of hydrogen-bond acceptors (Lipinski definition) is 16. The number of halogens is 1. The Morgan fingerprint density at radius 1 is 0.653 bits per heavy atom. The van der Waals surface area contributed by atoms with Gasteiger partial charge in [0.2, 0.25) is 23.0 Å². The third kappa shape index (κ3) is 13.3. The third-order valence-electron chi connectivity index (χ3n) is 12.1. The first kappa shape index (κ1) is 51.9. The van der Waals surface area contributed by atoms with Crippen LogP contribution in [0.4, 0.5) is 63.1 Å². The number of likely N-dealkylation sites (N-methyl/N-ethyl adjacent to an activating group) is 2. The molecule has 19 heteroatoms. The van der Waals surface area contributed by atoms with Gasteiger partial charge in [0.15, 0.2) is 0 Å². The number of amides is 2. The monoisotopic (exact) mass is 994 g/mol. The quantitative estimate of drug-likeness (QED) is 0.0432. The van der Waals surface area contributed by atoms with E-state index in [1.165, 1.54) is 17.8 Å². The van der Waals surface area contributed by atoms with Crippen LogP contribution in [-0.4, -0.2) is 120 Å². The summed E-state index contributed by atoms with van der Waals surface area (Å²) in [5.74, 6) is 3.05. The summed E-state index contributed by atoms with van der Waals surface area (Å²) in [5.41, 5.74) is 14.4. The average Bonchev–Trinajstić information content (AvgIpc) is 3.36. The molecule has 0 aliphatic carbocycles. The van der Waals surface area contributed by atoms with Crippen molar-refractivity contribution < 1.29 is 19.1 Å². The van der Waals surface area contributed by atoms with Gasteiger partial charge in [-0.25, -0.2) is 15.0 Å². The number of ether oxygens (including phenoxy) is 2. The summed E-state index contributed by atoms with van der Waals surface area (Å²) >= 11 is 5.77. The molecule has 0 bridgehead atoms. The van der Waals surface area contributed by atoms with E-state index in [0.717, 1.165) is 96.9 Å². The van der Waals surface area contributed by atoms with Crippen LogP contribution >= 0.6 is 11.6 Å². The lowest BCUT2D eigenvalue weighted by Gasteiger charge is -2.44. The van der Waals surface area contributed by atoms with E-state index in [0.29, 0.717) is 47.6 Å². The molecule has 0 saturated carbocycles. The van der Waals surface area contributed by atoms with Crippen molar-refractivity contribution in [3.8, 4) is 11.5 Å². The van der Waals surface area contributed by atoms with Crippen molar-refractivity contribution in [1.29, 1.82) is 0 Å². The number of nitrogens with one attached hydrogen (secondary N) is 5. The molecule has 2 saturated heterocycles. The van der Waals surface area contributed by atoms with Crippen molar-refractivity contribution in [3.05, 3.63) is 139 Å². The van der Waals surface area contributed by atoms with Crippen molar-refractivity contribution in [2.24, 2.45) is 0 Å². The molecule has 2 unspecified atom stereocenters. The van der Waals surface area contributed by atoms with Crippen LogP contribution in [0.15, 0.2) is 123 Å². The van der Waals surface area contributed by atoms with Crippen molar-refractivity contribution in [2.75, 3.05) is 109 Å². The number of anilines is 11. The minimum absolute atomic E-state index is 0. The number of rotatable bonds is 10. The van der Waals surface area contributed by atoms with Gasteiger partial charge in [0.25, 0.3) is 0 Å². The van der Waals surface area contributed by atoms with E-state index in [9.17, 15) is 9.59 Å². The lowest BCUT2D eigenvalue weighted by Crippen LogP contribution is -2.56. The molecule has 4 aliphatic heterocycles. The molecule has 0 radical (unpaired) electrons. The molecule has 7 N–H and O–H groups in total. The van der Waals surface area contributed by atoms with E-state index in [2.05, 4.69) is 106 Å². The molecule has 2 fully saturated rings. The molecule has 2 atom stereocenters. The Morgan fingerprint density at radius 3 is 1.69 bits per heavy atom. The molecular weight excluding hydrogens is 932 g/mol. The topological polar surface area (TPSA) is 203 Å². The van der Waals surface area contributed by atoms with Crippen LogP contribution in [0.1, 0.15) is 18.6 Å². The number of benzene rings is 4. The Bertz CT molecular complexity index is 2900. The van der Waals surface area contributed by atoms with Crippen LogP contribution in [0, 0.1) is 13.8 Å². The SMILES string of the molecule is C.C=CC(=O)Nc1cccc(Nc2nc(Cl)ncc2C)c1.C=CC(=O)Nc1cccc(Nc2nc(Nc3ccc4c(c3)OCC3CN(C)CCN43)ncc2C)c1.CN1CCN2c3ccc(N)cc3OCC2C1. The zero-order chi connectivity index (χ0) is 50.0. The van der Waals surface area contributed by atoms with Crippen LogP contribution in [0.3, 0.4) is 0 Å². The number of nitrogens with two attached hydrogens (primary N) is 1. The van der Waals surface area contributed by atoms with Gasteiger partial charge in [-0.05, 0) is 112 Å². The number of carbonyl (C=O) groups is 2. The molecule has 2 aromatic heterocycles. The maximum atomic E-state index is 11.6. The second kappa shape index (κ2) is 23.8. The maximum absolute atomic E-state index is 11.6. The number of nitrogens with zero attached hydrogens (tertiary/aromatic N) is 8. The van der Waals surface area contributed by atoms with Crippen LogP contribution in [0.25, 0.3) is 0 Å². The largest absolute Gasteiger partial charge is 0.489 e. The molecule has 10 rings (SSSR count). The second-order valence-corrected chi connectivity index (χ2v) is 17.9. The van der Waals surface area contributed by atoms with E-state index < -0.39 is 0 Å². The number of nitrogen functional groups attached to an aromatic ring is 1. The van der Waals surface area contributed by atoms with Gasteiger partial charge in [0, 0.05) is 109 Å². The molecule has 4 aromatic carbocycles. The Labute approximate surface area is 426 Å². The smallest absolute Gasteiger partial charge is 0.247 e. The molecule has 0 spiro atoms. The highest BCUT2D eigenvalue weighted by atomic mass is 35.5. The number of aromatic nitrogens is 4. The minimum atomic E-state index is -0.261. The number of aryl methyl sites for hydroxylation is 2. The van der Waals surface area contributed by atoms with Crippen LogP contribution in [-0.2, 0) is 9.59 Å². The number of piperazine rings is 2. The third-order valence-corrected chi connectivity index (χ3v) is 12.3. The minimum Gasteiger partial charge on any atom is -0.489 e. The van der Waals surface area contributed by atoms with Gasteiger partial charge in [-0.2, -0.15) is 4.98 Å². The summed E-state index contributed by atoms with van der Waals surface area (Å²) < 4.78 is 11.9. The Balaban J connectivity index is 0.000000173. The van der Waals surface area contributed by atoms with Crippen LogP contribution in [0.2, 0.25) is 5.28 Å². The predicted molar refractivity (Wildman–Crippen MR) is 291 cm³/mol. The van der Waals surface area contributed by atoms with E-state index in [-0.39, 0.29) is 24.5 Å². The van der Waals surface area contributed by atoms with Gasteiger partial charge in [-0.15, -0.1) is 0 Å². The highest BCUT2D eigenvalue weighted by molar-refractivity contribution is 6.28. The standard InChI is InChI=1S/C26H29N7O2.C14H13ClN4O.C12H17N3O.CH4/c1-4-24(34)28-18-6-5-7-19(12-18)29-25-17(2)14-27-26(31-25)30-20-8-9-22-23(13-20)35-16-21-15-32(3)10-11-33(21)22;1-3-12(20)17-10-5-4-6-11(7-10)18-13-9(2)8-16-14(15)19-13;1-14-4-5-15-10(7-14)8-16-12-6-9(13)2-3-11(12)15;/h4-9,12-14,21H,1,10-11,15-16H2,2-3H3,(H,28,34)(H2,27,29,30,31);3-8H,1H2,2H3,(H,17,20)(H,16,18,19);2-3,6,10H,4-5,7-8,13H2,1H3;1H4. The molecule has 72 heavy (non-hydrogen) atoms. The van der Waals surface area contributed by atoms with Crippen molar-refractivity contribution in [2.45, 2.75) is 33.4 Å². The molecule has 2 amide bonds. The highest BCUT2D eigenvalue weighted by Crippen LogP contribution is 2.39. The number of fused-ring (bicyclic) bond motifs is 6. The molecule has 4 aliphatic rings. The summed E-state index contributed by atoms with van der Waals surface area (Å²) in [6, 6.07) is 27.6.